The number of hydrogen-bond acceptors (Lipinski definition) is 5. The van der Waals surface area contributed by atoms with E-state index in [1.54, 1.807) is 30.6 Å². The van der Waals surface area contributed by atoms with Crippen LogP contribution in [0.4, 0.5) is 5.69 Å². The predicted octanol–water partition coefficient (Wildman–Crippen LogP) is 3.92. The highest BCUT2D eigenvalue weighted by atomic mass is 16.2. The molecule has 0 radical (unpaired) electrons. The maximum atomic E-state index is 13.1. The SMILES string of the molecule is CCCN(CCC)C(=O)CNc1c(C(=O)c2ccccc2)cnc2cccnc12. The Balaban J connectivity index is 1.94. The van der Waals surface area contributed by atoms with Gasteiger partial charge in [0.1, 0.15) is 5.52 Å². The van der Waals surface area contributed by atoms with Crippen LogP contribution in [0.5, 0.6) is 0 Å². The number of ketones is 1. The third kappa shape index (κ3) is 4.77. The number of fused-ring (bicyclic) bond motifs is 1. The summed E-state index contributed by atoms with van der Waals surface area (Å²) in [6.45, 7) is 5.66. The number of hydrogen-bond donors (Lipinski definition) is 1. The first-order valence-corrected chi connectivity index (χ1v) is 10.0. The van der Waals surface area contributed by atoms with E-state index in [0.29, 0.717) is 27.8 Å². The summed E-state index contributed by atoms with van der Waals surface area (Å²) in [5.74, 6) is -0.146. The average Bonchev–Trinajstić information content (AvgIpc) is 2.77. The molecule has 0 spiro atoms. The smallest absolute Gasteiger partial charge is 0.241 e. The van der Waals surface area contributed by atoms with Crippen molar-refractivity contribution in [2.24, 2.45) is 0 Å². The fourth-order valence-electron chi connectivity index (χ4n) is 3.29. The molecule has 1 aromatic carbocycles. The molecule has 0 fully saturated rings. The zero-order chi connectivity index (χ0) is 20.6. The van der Waals surface area contributed by atoms with E-state index < -0.39 is 0 Å². The van der Waals surface area contributed by atoms with Crippen molar-refractivity contribution in [1.82, 2.24) is 14.9 Å². The average molecular weight is 390 g/mol. The van der Waals surface area contributed by atoms with Crippen LogP contribution in [0.15, 0.2) is 54.9 Å². The van der Waals surface area contributed by atoms with Gasteiger partial charge in [0.05, 0.1) is 23.3 Å². The van der Waals surface area contributed by atoms with Gasteiger partial charge in [-0.25, -0.2) is 0 Å². The van der Waals surface area contributed by atoms with Gasteiger partial charge in [0.2, 0.25) is 5.91 Å². The Labute approximate surface area is 171 Å². The van der Waals surface area contributed by atoms with E-state index in [1.165, 1.54) is 0 Å². The Morgan fingerprint density at radius 1 is 0.966 bits per heavy atom. The van der Waals surface area contributed by atoms with Gasteiger partial charge in [0, 0.05) is 31.0 Å². The summed E-state index contributed by atoms with van der Waals surface area (Å²) >= 11 is 0. The summed E-state index contributed by atoms with van der Waals surface area (Å²) in [6.07, 6.45) is 5.03. The topological polar surface area (TPSA) is 75.2 Å². The molecule has 0 unspecified atom stereocenters. The molecule has 0 bridgehead atoms. The summed E-state index contributed by atoms with van der Waals surface area (Å²) in [7, 11) is 0. The van der Waals surface area contributed by atoms with Gasteiger partial charge in [0.15, 0.2) is 5.78 Å². The number of rotatable bonds is 9. The van der Waals surface area contributed by atoms with Crippen molar-refractivity contribution < 1.29 is 9.59 Å². The number of amides is 1. The van der Waals surface area contributed by atoms with Crippen molar-refractivity contribution in [3.63, 3.8) is 0 Å². The van der Waals surface area contributed by atoms with Gasteiger partial charge in [-0.1, -0.05) is 44.2 Å². The number of aromatic nitrogens is 2. The molecule has 0 saturated heterocycles. The second-order valence-electron chi connectivity index (χ2n) is 6.85. The highest BCUT2D eigenvalue weighted by Gasteiger charge is 2.19. The fourth-order valence-corrected chi connectivity index (χ4v) is 3.29. The first-order chi connectivity index (χ1) is 14.2. The van der Waals surface area contributed by atoms with Crippen molar-refractivity contribution in [2.45, 2.75) is 26.7 Å². The first kappa shape index (κ1) is 20.5. The van der Waals surface area contributed by atoms with Crippen LogP contribution in [-0.2, 0) is 4.79 Å². The van der Waals surface area contributed by atoms with Crippen LogP contribution >= 0.6 is 0 Å². The van der Waals surface area contributed by atoms with Crippen LogP contribution in [0.3, 0.4) is 0 Å². The van der Waals surface area contributed by atoms with Crippen molar-refractivity contribution in [3.8, 4) is 0 Å². The highest BCUT2D eigenvalue weighted by Crippen LogP contribution is 2.26. The maximum absolute atomic E-state index is 13.1. The van der Waals surface area contributed by atoms with Gasteiger partial charge < -0.3 is 10.2 Å². The van der Waals surface area contributed by atoms with Gasteiger partial charge in [-0.15, -0.1) is 0 Å². The summed E-state index contributed by atoms with van der Waals surface area (Å²) in [6, 6.07) is 12.7. The van der Waals surface area contributed by atoms with E-state index >= 15 is 0 Å². The zero-order valence-electron chi connectivity index (χ0n) is 16.9. The minimum atomic E-state index is -0.153. The third-order valence-corrected chi connectivity index (χ3v) is 4.66. The Bertz CT molecular complexity index is 983. The van der Waals surface area contributed by atoms with E-state index in [0.717, 1.165) is 25.9 Å². The molecule has 2 aromatic heterocycles. The Morgan fingerprint density at radius 2 is 1.69 bits per heavy atom. The summed E-state index contributed by atoms with van der Waals surface area (Å²) in [5.41, 5.74) is 2.78. The number of nitrogens with zero attached hydrogens (tertiary/aromatic N) is 3. The molecule has 29 heavy (non-hydrogen) atoms. The molecule has 0 aliphatic carbocycles. The molecule has 150 valence electrons. The zero-order valence-corrected chi connectivity index (χ0v) is 16.9. The number of nitrogens with one attached hydrogen (secondary N) is 1. The standard InChI is InChI=1S/C23H26N4O2/c1-3-13-27(14-4-2)20(28)16-26-21-18(23(29)17-9-6-5-7-10-17)15-25-19-11-8-12-24-22(19)21/h5-12,15H,3-4,13-14,16H2,1-2H3,(H,25,26). The lowest BCUT2D eigenvalue weighted by Crippen LogP contribution is -2.37. The number of anilines is 1. The first-order valence-electron chi connectivity index (χ1n) is 10.0. The van der Waals surface area contributed by atoms with Crippen molar-refractivity contribution in [2.75, 3.05) is 25.0 Å². The van der Waals surface area contributed by atoms with Crippen LogP contribution in [0, 0.1) is 0 Å². The predicted molar refractivity (Wildman–Crippen MR) is 115 cm³/mol. The van der Waals surface area contributed by atoms with Gasteiger partial charge in [-0.05, 0) is 25.0 Å². The normalized spacial score (nSPS) is 10.7. The maximum Gasteiger partial charge on any atom is 0.241 e. The van der Waals surface area contributed by atoms with E-state index in [1.807, 2.05) is 29.2 Å². The van der Waals surface area contributed by atoms with Crippen molar-refractivity contribution >= 4 is 28.4 Å². The molecule has 2 heterocycles. The summed E-state index contributed by atoms with van der Waals surface area (Å²) < 4.78 is 0. The van der Waals surface area contributed by atoms with Gasteiger partial charge in [-0.3, -0.25) is 19.6 Å². The van der Waals surface area contributed by atoms with Crippen LogP contribution in [0.1, 0.15) is 42.6 Å². The minimum absolute atomic E-state index is 0.00713. The Kier molecular flexibility index (Phi) is 6.89. The largest absolute Gasteiger partial charge is 0.374 e. The van der Waals surface area contributed by atoms with Crippen LogP contribution in [-0.4, -0.2) is 46.2 Å². The molecule has 3 aromatic rings. The summed E-state index contributed by atoms with van der Waals surface area (Å²) in [4.78, 5) is 36.5. The van der Waals surface area contributed by atoms with Gasteiger partial charge >= 0.3 is 0 Å². The highest BCUT2D eigenvalue weighted by molar-refractivity contribution is 6.15. The monoisotopic (exact) mass is 390 g/mol. The van der Waals surface area contributed by atoms with E-state index in [4.69, 9.17) is 0 Å². The van der Waals surface area contributed by atoms with E-state index in [9.17, 15) is 9.59 Å². The van der Waals surface area contributed by atoms with Gasteiger partial charge in [0.25, 0.3) is 0 Å². The van der Waals surface area contributed by atoms with Crippen molar-refractivity contribution in [3.05, 3.63) is 66.0 Å². The molecule has 0 aliphatic heterocycles. The molecule has 0 saturated carbocycles. The Morgan fingerprint density at radius 3 is 2.38 bits per heavy atom. The Hall–Kier alpha value is -3.28. The van der Waals surface area contributed by atoms with E-state index in [2.05, 4.69) is 29.1 Å². The van der Waals surface area contributed by atoms with Crippen LogP contribution in [0.25, 0.3) is 11.0 Å². The molecule has 1 amide bonds. The second kappa shape index (κ2) is 9.78. The second-order valence-corrected chi connectivity index (χ2v) is 6.85. The summed E-state index contributed by atoms with van der Waals surface area (Å²) in [5, 5.41) is 3.19. The molecular weight excluding hydrogens is 364 g/mol. The fraction of sp³-hybridized carbons (Fsp3) is 0.304. The molecule has 0 atom stereocenters. The minimum Gasteiger partial charge on any atom is -0.374 e. The molecule has 6 nitrogen and oxygen atoms in total. The molecule has 0 aliphatic rings. The van der Waals surface area contributed by atoms with Gasteiger partial charge in [-0.2, -0.15) is 0 Å². The lowest BCUT2D eigenvalue weighted by molar-refractivity contribution is -0.129. The number of carbonyl (C=O) groups excluding carboxylic acids is 2. The molecule has 6 heteroatoms. The van der Waals surface area contributed by atoms with E-state index in [-0.39, 0.29) is 18.2 Å². The molecular formula is C23H26N4O2. The number of carbonyl (C=O) groups is 2. The van der Waals surface area contributed by atoms with Crippen LogP contribution in [0.2, 0.25) is 0 Å². The quantitative estimate of drug-likeness (QED) is 0.561. The lowest BCUT2D eigenvalue weighted by atomic mass is 10.0. The third-order valence-electron chi connectivity index (χ3n) is 4.66. The number of pyridine rings is 2. The lowest BCUT2D eigenvalue weighted by Gasteiger charge is -2.22. The van der Waals surface area contributed by atoms with Crippen molar-refractivity contribution in [1.29, 1.82) is 0 Å². The molecule has 3 rings (SSSR count). The number of benzene rings is 1. The molecule has 1 N–H and O–H groups in total. The van der Waals surface area contributed by atoms with Crippen LogP contribution < -0.4 is 5.32 Å².